The number of aldehydes is 1. The van der Waals surface area contributed by atoms with Crippen LogP contribution in [0, 0.1) is 0 Å². The monoisotopic (exact) mass is 320 g/mol. The minimum atomic E-state index is -0.0519. The molecule has 1 saturated heterocycles. The fraction of sp³-hybridized carbons (Fsp3) is 0.286. The van der Waals surface area contributed by atoms with Crippen molar-refractivity contribution < 1.29 is 9.53 Å². The number of rotatable bonds is 3. The lowest BCUT2D eigenvalue weighted by atomic mass is 10.1. The molecule has 3 rings (SSSR count). The van der Waals surface area contributed by atoms with Gasteiger partial charge in [0.2, 0.25) is 0 Å². The Labute approximate surface area is 119 Å². The average Bonchev–Trinajstić information content (AvgIpc) is 3.08. The van der Waals surface area contributed by atoms with Crippen LogP contribution in [0.25, 0.3) is 5.69 Å². The first-order valence-corrected chi connectivity index (χ1v) is 7.00. The molecule has 0 bridgehead atoms. The van der Waals surface area contributed by atoms with Crippen molar-refractivity contribution in [3.8, 4) is 5.69 Å². The molecular formula is C14H13BrN2O2. The average molecular weight is 321 g/mol. The molecule has 1 aliphatic heterocycles. The summed E-state index contributed by atoms with van der Waals surface area (Å²) < 4.78 is 8.28. The Morgan fingerprint density at radius 1 is 1.42 bits per heavy atom. The third-order valence-electron chi connectivity index (χ3n) is 3.23. The first-order chi connectivity index (χ1) is 9.29. The highest BCUT2D eigenvalue weighted by molar-refractivity contribution is 9.10. The zero-order chi connectivity index (χ0) is 13.2. The first-order valence-electron chi connectivity index (χ1n) is 6.21. The predicted octanol–water partition coefficient (Wildman–Crippen LogP) is 3.30. The van der Waals surface area contributed by atoms with Crippen LogP contribution in [-0.4, -0.2) is 22.7 Å². The second kappa shape index (κ2) is 5.27. The highest BCUT2D eigenvalue weighted by Gasteiger charge is 2.24. The number of hydrogen-bond donors (Lipinski definition) is 0. The van der Waals surface area contributed by atoms with E-state index in [4.69, 9.17) is 4.74 Å². The number of hydrogen-bond acceptors (Lipinski definition) is 3. The number of benzene rings is 1. The zero-order valence-corrected chi connectivity index (χ0v) is 11.8. The van der Waals surface area contributed by atoms with Gasteiger partial charge < -0.3 is 4.74 Å². The fourth-order valence-corrected chi connectivity index (χ4v) is 2.76. The number of para-hydroxylation sites is 1. The summed E-state index contributed by atoms with van der Waals surface area (Å²) in [5.41, 5.74) is 2.25. The summed E-state index contributed by atoms with van der Waals surface area (Å²) in [7, 11) is 0. The van der Waals surface area contributed by atoms with Gasteiger partial charge in [0, 0.05) is 17.3 Å². The molecule has 0 aliphatic carbocycles. The van der Waals surface area contributed by atoms with Crippen molar-refractivity contribution in [3.63, 3.8) is 0 Å². The molecule has 0 saturated carbocycles. The van der Waals surface area contributed by atoms with Gasteiger partial charge in [-0.15, -0.1) is 0 Å². The molecule has 1 aromatic carbocycles. The highest BCUT2D eigenvalue weighted by Crippen LogP contribution is 2.30. The van der Waals surface area contributed by atoms with Crippen LogP contribution in [0.3, 0.4) is 0 Å². The van der Waals surface area contributed by atoms with Gasteiger partial charge in [-0.1, -0.05) is 12.1 Å². The summed E-state index contributed by atoms with van der Waals surface area (Å²) in [5, 5.41) is 4.52. The molecule has 4 nitrogen and oxygen atoms in total. The summed E-state index contributed by atoms with van der Waals surface area (Å²) in [6, 6.07) is 7.78. The van der Waals surface area contributed by atoms with Crippen molar-refractivity contribution >= 4 is 22.2 Å². The largest absolute Gasteiger partial charge is 0.372 e. The van der Waals surface area contributed by atoms with E-state index in [-0.39, 0.29) is 6.10 Å². The van der Waals surface area contributed by atoms with Gasteiger partial charge in [-0.3, -0.25) is 4.79 Å². The van der Waals surface area contributed by atoms with Crippen LogP contribution in [0.2, 0.25) is 0 Å². The number of nitrogens with zero attached hydrogens (tertiary/aromatic N) is 2. The second-order valence-corrected chi connectivity index (χ2v) is 5.34. The molecule has 98 valence electrons. The third-order valence-corrected chi connectivity index (χ3v) is 3.90. The molecule has 1 aliphatic rings. The number of carbonyl (C=O) groups excluding carboxylic acids is 1. The van der Waals surface area contributed by atoms with E-state index in [1.807, 2.05) is 24.3 Å². The van der Waals surface area contributed by atoms with Gasteiger partial charge in [0.25, 0.3) is 0 Å². The molecule has 1 atom stereocenters. The molecule has 1 aromatic heterocycles. The summed E-state index contributed by atoms with van der Waals surface area (Å²) in [4.78, 5) is 11.2. The Bertz CT molecular complexity index is 603. The lowest BCUT2D eigenvalue weighted by Gasteiger charge is -2.06. The number of halogens is 1. The smallest absolute Gasteiger partial charge is 0.153 e. The minimum absolute atomic E-state index is 0.0519. The van der Waals surface area contributed by atoms with Crippen LogP contribution in [0.15, 0.2) is 34.9 Å². The standard InChI is InChI=1S/C14H13BrN2O2/c15-11-4-1-2-5-12(11)17-8-10(9-18)14(16-17)13-6-3-7-19-13/h1-2,4-5,8-9,13H,3,6-7H2. The van der Waals surface area contributed by atoms with Crippen molar-refractivity contribution in [2.24, 2.45) is 0 Å². The van der Waals surface area contributed by atoms with Crippen LogP contribution < -0.4 is 0 Å². The van der Waals surface area contributed by atoms with E-state index in [1.165, 1.54) is 0 Å². The van der Waals surface area contributed by atoms with Gasteiger partial charge >= 0.3 is 0 Å². The normalized spacial score (nSPS) is 18.7. The summed E-state index contributed by atoms with van der Waals surface area (Å²) in [6.45, 7) is 0.741. The Morgan fingerprint density at radius 2 is 2.26 bits per heavy atom. The van der Waals surface area contributed by atoms with E-state index in [9.17, 15) is 4.79 Å². The fourth-order valence-electron chi connectivity index (χ4n) is 2.30. The highest BCUT2D eigenvalue weighted by atomic mass is 79.9. The Hall–Kier alpha value is -1.46. The van der Waals surface area contributed by atoms with Crippen LogP contribution in [0.1, 0.15) is 35.0 Å². The van der Waals surface area contributed by atoms with Crippen LogP contribution in [-0.2, 0) is 4.74 Å². The van der Waals surface area contributed by atoms with Crippen LogP contribution in [0.4, 0.5) is 0 Å². The van der Waals surface area contributed by atoms with Gasteiger partial charge in [-0.2, -0.15) is 5.10 Å². The van der Waals surface area contributed by atoms with Gasteiger partial charge in [0.1, 0.15) is 11.8 Å². The molecule has 5 heteroatoms. The lowest BCUT2D eigenvalue weighted by molar-refractivity contribution is 0.104. The van der Waals surface area contributed by atoms with Crippen molar-refractivity contribution in [1.29, 1.82) is 0 Å². The van der Waals surface area contributed by atoms with Gasteiger partial charge in [0.15, 0.2) is 6.29 Å². The molecule has 0 radical (unpaired) electrons. The van der Waals surface area contributed by atoms with Crippen molar-refractivity contribution in [3.05, 3.63) is 46.2 Å². The minimum Gasteiger partial charge on any atom is -0.372 e. The summed E-state index contributed by atoms with van der Waals surface area (Å²) in [5.74, 6) is 0. The van der Waals surface area contributed by atoms with E-state index in [2.05, 4.69) is 21.0 Å². The maximum atomic E-state index is 11.2. The van der Waals surface area contributed by atoms with E-state index in [1.54, 1.807) is 10.9 Å². The number of carbonyl (C=O) groups is 1. The molecule has 19 heavy (non-hydrogen) atoms. The Balaban J connectivity index is 2.04. The van der Waals surface area contributed by atoms with Crippen molar-refractivity contribution in [1.82, 2.24) is 9.78 Å². The third kappa shape index (κ3) is 2.35. The molecule has 2 aromatic rings. The molecule has 0 N–H and O–H groups in total. The van der Waals surface area contributed by atoms with Gasteiger partial charge in [-0.25, -0.2) is 4.68 Å². The lowest BCUT2D eigenvalue weighted by Crippen LogP contribution is -2.02. The maximum Gasteiger partial charge on any atom is 0.153 e. The Kier molecular flexibility index (Phi) is 3.48. The van der Waals surface area contributed by atoms with Crippen LogP contribution >= 0.6 is 15.9 Å². The quantitative estimate of drug-likeness (QED) is 0.815. The maximum absolute atomic E-state index is 11.2. The number of aromatic nitrogens is 2. The molecule has 1 fully saturated rings. The Morgan fingerprint density at radius 3 is 2.95 bits per heavy atom. The van der Waals surface area contributed by atoms with E-state index in [0.29, 0.717) is 5.56 Å². The van der Waals surface area contributed by atoms with Crippen molar-refractivity contribution in [2.45, 2.75) is 18.9 Å². The predicted molar refractivity (Wildman–Crippen MR) is 74.6 cm³/mol. The molecular weight excluding hydrogens is 308 g/mol. The molecule has 1 unspecified atom stereocenters. The zero-order valence-electron chi connectivity index (χ0n) is 10.3. The molecule has 0 amide bonds. The summed E-state index contributed by atoms with van der Waals surface area (Å²) >= 11 is 3.49. The second-order valence-electron chi connectivity index (χ2n) is 4.49. The molecule has 2 heterocycles. The van der Waals surface area contributed by atoms with E-state index < -0.39 is 0 Å². The van der Waals surface area contributed by atoms with E-state index >= 15 is 0 Å². The number of ether oxygens (including phenoxy) is 1. The molecule has 0 spiro atoms. The van der Waals surface area contributed by atoms with Gasteiger partial charge in [-0.05, 0) is 40.9 Å². The topological polar surface area (TPSA) is 44.1 Å². The van der Waals surface area contributed by atoms with Gasteiger partial charge in [0.05, 0.1) is 11.3 Å². The summed E-state index contributed by atoms with van der Waals surface area (Å²) in [6.07, 6.45) is 4.49. The first kappa shape index (κ1) is 12.6. The van der Waals surface area contributed by atoms with E-state index in [0.717, 1.165) is 41.6 Å². The SMILES string of the molecule is O=Cc1cn(-c2ccccc2Br)nc1C1CCCO1. The van der Waals surface area contributed by atoms with Crippen molar-refractivity contribution in [2.75, 3.05) is 6.61 Å². The van der Waals surface area contributed by atoms with Crippen LogP contribution in [0.5, 0.6) is 0 Å².